The summed E-state index contributed by atoms with van der Waals surface area (Å²) < 4.78 is 31.5. The second-order valence-electron chi connectivity index (χ2n) is 4.15. The summed E-state index contributed by atoms with van der Waals surface area (Å²) in [6.45, 7) is -0.202. The van der Waals surface area contributed by atoms with Gasteiger partial charge in [0, 0.05) is 5.56 Å². The van der Waals surface area contributed by atoms with Crippen LogP contribution in [0.5, 0.6) is 5.75 Å². The van der Waals surface area contributed by atoms with Crippen LogP contribution in [0.25, 0.3) is 0 Å². The molecule has 1 N–H and O–H groups in total. The number of hydrogen-bond acceptors (Lipinski definition) is 3. The van der Waals surface area contributed by atoms with E-state index in [1.165, 1.54) is 12.1 Å². The molecule has 0 atom stereocenters. The molecule has 0 spiro atoms. The van der Waals surface area contributed by atoms with Gasteiger partial charge in [0.25, 0.3) is 0 Å². The largest absolute Gasteiger partial charge is 0.488 e. The third-order valence-corrected chi connectivity index (χ3v) is 2.74. The Labute approximate surface area is 118 Å². The summed E-state index contributed by atoms with van der Waals surface area (Å²) in [5, 5.41) is 17.9. The number of nitriles is 1. The maximum absolute atomic E-state index is 13.2. The molecule has 2 aromatic carbocycles. The Bertz CT molecular complexity index is 738. The molecule has 6 heteroatoms. The van der Waals surface area contributed by atoms with Crippen LogP contribution in [0.15, 0.2) is 36.4 Å². The van der Waals surface area contributed by atoms with Crippen LogP contribution in [0.1, 0.15) is 21.5 Å². The highest BCUT2D eigenvalue weighted by Crippen LogP contribution is 2.22. The molecule has 0 unspecified atom stereocenters. The number of hydrogen-bond donors (Lipinski definition) is 1. The molecule has 0 saturated heterocycles. The SMILES string of the molecule is N#Cc1ccc(F)cc1COc1ccc(F)cc1C(=O)O. The van der Waals surface area contributed by atoms with Crippen LogP contribution < -0.4 is 4.74 Å². The molecule has 0 amide bonds. The molecule has 21 heavy (non-hydrogen) atoms. The second kappa shape index (κ2) is 6.01. The molecule has 0 bridgehead atoms. The monoisotopic (exact) mass is 289 g/mol. The highest BCUT2D eigenvalue weighted by molar-refractivity contribution is 5.90. The Morgan fingerprint density at radius 3 is 2.52 bits per heavy atom. The molecule has 0 aromatic heterocycles. The first-order chi connectivity index (χ1) is 10.0. The van der Waals surface area contributed by atoms with E-state index >= 15 is 0 Å². The van der Waals surface area contributed by atoms with Gasteiger partial charge in [-0.2, -0.15) is 5.26 Å². The van der Waals surface area contributed by atoms with Crippen LogP contribution in [0.2, 0.25) is 0 Å². The van der Waals surface area contributed by atoms with Gasteiger partial charge in [0.15, 0.2) is 0 Å². The van der Waals surface area contributed by atoms with E-state index in [1.54, 1.807) is 0 Å². The van der Waals surface area contributed by atoms with Crippen LogP contribution in [-0.2, 0) is 6.61 Å². The van der Waals surface area contributed by atoms with Crippen molar-refractivity contribution >= 4 is 5.97 Å². The van der Waals surface area contributed by atoms with Gasteiger partial charge in [0.05, 0.1) is 11.6 Å². The predicted molar refractivity (Wildman–Crippen MR) is 68.8 cm³/mol. The number of carboxylic acids is 1. The van der Waals surface area contributed by atoms with Gasteiger partial charge < -0.3 is 9.84 Å². The van der Waals surface area contributed by atoms with Crippen molar-refractivity contribution in [3.63, 3.8) is 0 Å². The number of carboxylic acid groups (broad SMARTS) is 1. The Morgan fingerprint density at radius 1 is 1.19 bits per heavy atom. The van der Waals surface area contributed by atoms with E-state index in [1.807, 2.05) is 6.07 Å². The average molecular weight is 289 g/mol. The third kappa shape index (κ3) is 3.34. The van der Waals surface area contributed by atoms with Gasteiger partial charge in [-0.3, -0.25) is 0 Å². The van der Waals surface area contributed by atoms with E-state index in [0.29, 0.717) is 0 Å². The molecule has 0 heterocycles. The topological polar surface area (TPSA) is 70.3 Å². The van der Waals surface area contributed by atoms with Crippen molar-refractivity contribution in [3.8, 4) is 11.8 Å². The number of nitrogens with zero attached hydrogens (tertiary/aromatic N) is 1. The number of aromatic carboxylic acids is 1. The zero-order valence-corrected chi connectivity index (χ0v) is 10.6. The Balaban J connectivity index is 2.27. The Kier molecular flexibility index (Phi) is 4.14. The summed E-state index contributed by atoms with van der Waals surface area (Å²) >= 11 is 0. The minimum absolute atomic E-state index is 0.0583. The molecule has 2 rings (SSSR count). The van der Waals surface area contributed by atoms with Gasteiger partial charge >= 0.3 is 5.97 Å². The first kappa shape index (κ1) is 14.5. The smallest absolute Gasteiger partial charge is 0.339 e. The maximum Gasteiger partial charge on any atom is 0.339 e. The Hall–Kier alpha value is -2.94. The van der Waals surface area contributed by atoms with E-state index in [2.05, 4.69) is 0 Å². The molecule has 0 saturated carbocycles. The molecule has 4 nitrogen and oxygen atoms in total. The van der Waals surface area contributed by atoms with E-state index in [-0.39, 0.29) is 29.0 Å². The summed E-state index contributed by atoms with van der Waals surface area (Å²) in [7, 11) is 0. The molecule has 0 aliphatic rings. The van der Waals surface area contributed by atoms with Crippen LogP contribution in [0.4, 0.5) is 8.78 Å². The minimum Gasteiger partial charge on any atom is -0.488 e. The van der Waals surface area contributed by atoms with Crippen molar-refractivity contribution in [1.29, 1.82) is 5.26 Å². The van der Waals surface area contributed by atoms with Crippen LogP contribution in [0, 0.1) is 23.0 Å². The summed E-state index contributed by atoms with van der Waals surface area (Å²) in [5.41, 5.74) is 0.151. The lowest BCUT2D eigenvalue weighted by Gasteiger charge is -2.10. The summed E-state index contributed by atoms with van der Waals surface area (Å²) in [4.78, 5) is 11.0. The lowest BCUT2D eigenvalue weighted by atomic mass is 10.1. The molecule has 0 aliphatic carbocycles. The standard InChI is InChI=1S/C15H9F2NO3/c16-11-2-1-9(7-18)10(5-11)8-21-14-4-3-12(17)6-13(14)15(19)20/h1-6H,8H2,(H,19,20). The van der Waals surface area contributed by atoms with Crippen molar-refractivity contribution in [1.82, 2.24) is 0 Å². The van der Waals surface area contributed by atoms with Gasteiger partial charge in [-0.1, -0.05) is 0 Å². The van der Waals surface area contributed by atoms with Crippen molar-refractivity contribution in [2.45, 2.75) is 6.61 Å². The summed E-state index contributed by atoms with van der Waals surface area (Å²) in [5.74, 6) is -2.64. The van der Waals surface area contributed by atoms with Gasteiger partial charge in [-0.05, 0) is 36.4 Å². The Morgan fingerprint density at radius 2 is 1.86 bits per heavy atom. The van der Waals surface area contributed by atoms with Gasteiger partial charge in [-0.15, -0.1) is 0 Å². The van der Waals surface area contributed by atoms with Gasteiger partial charge in [-0.25, -0.2) is 13.6 Å². The molecule has 0 radical (unpaired) electrons. The summed E-state index contributed by atoms with van der Waals surface area (Å²) in [6, 6.07) is 8.51. The maximum atomic E-state index is 13.2. The van der Waals surface area contributed by atoms with Crippen LogP contribution in [0.3, 0.4) is 0 Å². The number of carbonyl (C=O) groups is 1. The fourth-order valence-electron chi connectivity index (χ4n) is 1.74. The molecule has 2 aromatic rings. The van der Waals surface area contributed by atoms with Gasteiger partial charge in [0.1, 0.15) is 29.6 Å². The predicted octanol–water partition coefficient (Wildman–Crippen LogP) is 3.11. The lowest BCUT2D eigenvalue weighted by Crippen LogP contribution is -2.05. The summed E-state index contributed by atoms with van der Waals surface area (Å²) in [6.07, 6.45) is 0. The zero-order chi connectivity index (χ0) is 15.4. The highest BCUT2D eigenvalue weighted by Gasteiger charge is 2.13. The first-order valence-electron chi connectivity index (χ1n) is 5.85. The normalized spacial score (nSPS) is 9.95. The van der Waals surface area contributed by atoms with Gasteiger partial charge in [0.2, 0.25) is 0 Å². The van der Waals surface area contributed by atoms with E-state index in [4.69, 9.17) is 15.1 Å². The zero-order valence-electron chi connectivity index (χ0n) is 10.6. The minimum atomic E-state index is -1.34. The molecular weight excluding hydrogens is 280 g/mol. The van der Waals surface area contributed by atoms with E-state index in [0.717, 1.165) is 24.3 Å². The fraction of sp³-hybridized carbons (Fsp3) is 0.0667. The van der Waals surface area contributed by atoms with Crippen molar-refractivity contribution < 1.29 is 23.4 Å². The molecule has 106 valence electrons. The number of halogens is 2. The van der Waals surface area contributed by atoms with Crippen LogP contribution in [-0.4, -0.2) is 11.1 Å². The second-order valence-corrected chi connectivity index (χ2v) is 4.15. The van der Waals surface area contributed by atoms with Crippen molar-refractivity contribution in [2.24, 2.45) is 0 Å². The molecular formula is C15H9F2NO3. The molecule has 0 aliphatic heterocycles. The lowest BCUT2D eigenvalue weighted by molar-refractivity contribution is 0.0691. The molecule has 0 fully saturated rings. The number of rotatable bonds is 4. The number of benzene rings is 2. The quantitative estimate of drug-likeness (QED) is 0.938. The fourth-order valence-corrected chi connectivity index (χ4v) is 1.74. The van der Waals surface area contributed by atoms with E-state index < -0.39 is 17.6 Å². The van der Waals surface area contributed by atoms with Crippen LogP contribution >= 0.6 is 0 Å². The highest BCUT2D eigenvalue weighted by atomic mass is 19.1. The first-order valence-corrected chi connectivity index (χ1v) is 5.85. The van der Waals surface area contributed by atoms with Crippen molar-refractivity contribution in [2.75, 3.05) is 0 Å². The van der Waals surface area contributed by atoms with E-state index in [9.17, 15) is 13.6 Å². The third-order valence-electron chi connectivity index (χ3n) is 2.74. The van der Waals surface area contributed by atoms with Crippen molar-refractivity contribution in [3.05, 3.63) is 64.7 Å². The average Bonchev–Trinajstić information content (AvgIpc) is 2.46. The number of ether oxygens (including phenoxy) is 1.